The minimum atomic E-state index is 0.367. The molecule has 17 heavy (non-hydrogen) atoms. The lowest BCUT2D eigenvalue weighted by molar-refractivity contribution is 0.452. The number of likely N-dealkylation sites (N-methyl/N-ethyl adjacent to an activating group) is 1. The number of nitrogens with one attached hydrogen (secondary N) is 1. The van der Waals surface area contributed by atoms with Crippen LogP contribution in [0.15, 0.2) is 30.3 Å². The molecule has 0 spiro atoms. The second-order valence-electron chi connectivity index (χ2n) is 4.80. The lowest BCUT2D eigenvalue weighted by Crippen LogP contribution is -2.30. The van der Waals surface area contributed by atoms with Crippen molar-refractivity contribution in [2.75, 3.05) is 7.05 Å². The van der Waals surface area contributed by atoms with E-state index in [2.05, 4.69) is 42.6 Å². The van der Waals surface area contributed by atoms with Gasteiger partial charge < -0.3 is 11.1 Å². The molecule has 1 aromatic rings. The van der Waals surface area contributed by atoms with Gasteiger partial charge in [0.25, 0.3) is 0 Å². The number of hydrogen-bond acceptors (Lipinski definition) is 2. The van der Waals surface area contributed by atoms with E-state index in [9.17, 15) is 0 Å². The van der Waals surface area contributed by atoms with E-state index in [0.29, 0.717) is 12.1 Å². The summed E-state index contributed by atoms with van der Waals surface area (Å²) in [5.41, 5.74) is 7.45. The zero-order chi connectivity index (χ0) is 12.5. The summed E-state index contributed by atoms with van der Waals surface area (Å²) in [6.45, 7) is 2.19. The zero-order valence-electron chi connectivity index (χ0n) is 11.2. The van der Waals surface area contributed by atoms with Gasteiger partial charge in [-0.05, 0) is 38.3 Å². The van der Waals surface area contributed by atoms with Crippen molar-refractivity contribution in [1.29, 1.82) is 0 Å². The number of rotatable bonds is 8. The first-order valence-corrected chi connectivity index (χ1v) is 6.73. The Morgan fingerprint density at radius 1 is 1.12 bits per heavy atom. The summed E-state index contributed by atoms with van der Waals surface area (Å²) in [6, 6.07) is 11.6. The molecule has 2 nitrogen and oxygen atoms in total. The molecule has 2 heteroatoms. The first kappa shape index (κ1) is 14.2. The molecule has 0 fully saturated rings. The molecule has 0 aliphatic carbocycles. The van der Waals surface area contributed by atoms with E-state index in [1.807, 2.05) is 7.05 Å². The fraction of sp³-hybridized carbons (Fsp3) is 0.600. The van der Waals surface area contributed by atoms with Gasteiger partial charge in [0.1, 0.15) is 0 Å². The predicted octanol–water partition coefficient (Wildman–Crippen LogP) is 2.72. The van der Waals surface area contributed by atoms with Gasteiger partial charge in [-0.2, -0.15) is 0 Å². The van der Waals surface area contributed by atoms with Gasteiger partial charge >= 0.3 is 0 Å². The molecule has 0 saturated heterocycles. The molecule has 96 valence electrons. The Hall–Kier alpha value is -0.860. The van der Waals surface area contributed by atoms with Crippen LogP contribution in [0.3, 0.4) is 0 Å². The van der Waals surface area contributed by atoms with Crippen molar-refractivity contribution in [1.82, 2.24) is 5.32 Å². The second kappa shape index (κ2) is 8.26. The number of nitrogens with two attached hydrogens (primary N) is 1. The van der Waals surface area contributed by atoms with Gasteiger partial charge in [0.05, 0.1) is 0 Å². The van der Waals surface area contributed by atoms with Crippen molar-refractivity contribution in [3.05, 3.63) is 35.9 Å². The Bertz CT molecular complexity index is 284. The quantitative estimate of drug-likeness (QED) is 0.726. The Morgan fingerprint density at radius 2 is 1.82 bits per heavy atom. The molecular weight excluding hydrogens is 208 g/mol. The largest absolute Gasteiger partial charge is 0.328 e. The Kier molecular flexibility index (Phi) is 6.90. The highest BCUT2D eigenvalue weighted by atomic mass is 14.9. The monoisotopic (exact) mass is 234 g/mol. The Balaban J connectivity index is 2.34. The van der Waals surface area contributed by atoms with E-state index >= 15 is 0 Å². The average Bonchev–Trinajstić information content (AvgIpc) is 2.36. The van der Waals surface area contributed by atoms with Crippen LogP contribution in [0.2, 0.25) is 0 Å². The summed E-state index contributed by atoms with van der Waals surface area (Å²) in [6.07, 6.45) is 5.70. The van der Waals surface area contributed by atoms with Crippen LogP contribution in [0.25, 0.3) is 0 Å². The van der Waals surface area contributed by atoms with E-state index in [1.54, 1.807) is 0 Å². The van der Waals surface area contributed by atoms with Crippen LogP contribution in [0.5, 0.6) is 0 Å². The third-order valence-corrected chi connectivity index (χ3v) is 3.28. The Labute approximate surface area is 106 Å². The van der Waals surface area contributed by atoms with Crippen molar-refractivity contribution in [3.63, 3.8) is 0 Å². The lowest BCUT2D eigenvalue weighted by atomic mass is 9.98. The molecule has 0 aliphatic rings. The molecule has 0 amide bonds. The van der Waals surface area contributed by atoms with E-state index in [0.717, 1.165) is 25.7 Å². The van der Waals surface area contributed by atoms with E-state index < -0.39 is 0 Å². The molecule has 3 N–H and O–H groups in total. The fourth-order valence-corrected chi connectivity index (χ4v) is 2.18. The van der Waals surface area contributed by atoms with Crippen LogP contribution >= 0.6 is 0 Å². The van der Waals surface area contributed by atoms with Crippen LogP contribution in [0, 0.1) is 0 Å². The first-order valence-electron chi connectivity index (χ1n) is 6.73. The van der Waals surface area contributed by atoms with Gasteiger partial charge in [-0.3, -0.25) is 0 Å². The molecule has 0 heterocycles. The van der Waals surface area contributed by atoms with E-state index in [4.69, 9.17) is 5.73 Å². The molecule has 2 atom stereocenters. The third-order valence-electron chi connectivity index (χ3n) is 3.28. The van der Waals surface area contributed by atoms with Crippen LogP contribution in [-0.4, -0.2) is 19.1 Å². The summed E-state index contributed by atoms with van der Waals surface area (Å²) in [5.74, 6) is 0. The van der Waals surface area contributed by atoms with Gasteiger partial charge in [-0.1, -0.05) is 43.7 Å². The van der Waals surface area contributed by atoms with Gasteiger partial charge in [-0.15, -0.1) is 0 Å². The van der Waals surface area contributed by atoms with Crippen molar-refractivity contribution in [2.45, 2.75) is 51.1 Å². The zero-order valence-corrected chi connectivity index (χ0v) is 11.2. The summed E-state index contributed by atoms with van der Waals surface area (Å²) >= 11 is 0. The number of hydrogen-bond donors (Lipinski definition) is 2. The van der Waals surface area contributed by atoms with Crippen molar-refractivity contribution in [2.24, 2.45) is 5.73 Å². The topological polar surface area (TPSA) is 38.0 Å². The highest BCUT2D eigenvalue weighted by molar-refractivity contribution is 5.15. The fourth-order valence-electron chi connectivity index (χ4n) is 2.18. The molecule has 0 bridgehead atoms. The highest BCUT2D eigenvalue weighted by Gasteiger charge is 2.09. The molecule has 0 aliphatic heterocycles. The van der Waals surface area contributed by atoms with Crippen LogP contribution in [-0.2, 0) is 6.42 Å². The average molecular weight is 234 g/mol. The van der Waals surface area contributed by atoms with Crippen LogP contribution < -0.4 is 11.1 Å². The minimum Gasteiger partial charge on any atom is -0.328 e. The molecule has 0 saturated carbocycles. The SMILES string of the molecule is CCC[C@H](N)CC[C@H](Cc1ccccc1)NC. The number of benzene rings is 1. The maximum atomic E-state index is 6.05. The smallest absolute Gasteiger partial charge is 0.0105 e. The van der Waals surface area contributed by atoms with Gasteiger partial charge in [0, 0.05) is 12.1 Å². The van der Waals surface area contributed by atoms with Crippen molar-refractivity contribution < 1.29 is 0 Å². The third kappa shape index (κ3) is 5.85. The summed E-state index contributed by atoms with van der Waals surface area (Å²) in [5, 5.41) is 3.39. The maximum Gasteiger partial charge on any atom is 0.0105 e. The van der Waals surface area contributed by atoms with Crippen LogP contribution in [0.1, 0.15) is 38.2 Å². The summed E-state index contributed by atoms with van der Waals surface area (Å²) < 4.78 is 0. The van der Waals surface area contributed by atoms with Gasteiger partial charge in [0.15, 0.2) is 0 Å². The normalized spacial score (nSPS) is 14.5. The summed E-state index contributed by atoms with van der Waals surface area (Å²) in [4.78, 5) is 0. The second-order valence-corrected chi connectivity index (χ2v) is 4.80. The predicted molar refractivity (Wildman–Crippen MR) is 75.1 cm³/mol. The van der Waals surface area contributed by atoms with E-state index in [1.165, 1.54) is 12.0 Å². The minimum absolute atomic E-state index is 0.367. The molecule has 0 aromatic heterocycles. The van der Waals surface area contributed by atoms with Crippen LogP contribution in [0.4, 0.5) is 0 Å². The van der Waals surface area contributed by atoms with Gasteiger partial charge in [-0.25, -0.2) is 0 Å². The Morgan fingerprint density at radius 3 is 2.41 bits per heavy atom. The highest BCUT2D eigenvalue weighted by Crippen LogP contribution is 2.10. The molecule has 1 rings (SSSR count). The van der Waals surface area contributed by atoms with E-state index in [-0.39, 0.29) is 0 Å². The summed E-state index contributed by atoms with van der Waals surface area (Å²) in [7, 11) is 2.04. The van der Waals surface area contributed by atoms with Crippen molar-refractivity contribution >= 4 is 0 Å². The standard InChI is InChI=1S/C15H26N2/c1-3-7-14(16)10-11-15(17-2)12-13-8-5-4-6-9-13/h4-6,8-9,14-15,17H,3,7,10-12,16H2,1-2H3/t14-,15+/m0/s1. The molecule has 1 aromatic carbocycles. The van der Waals surface area contributed by atoms with Crippen molar-refractivity contribution in [3.8, 4) is 0 Å². The van der Waals surface area contributed by atoms with Gasteiger partial charge in [0.2, 0.25) is 0 Å². The molecular formula is C15H26N2. The first-order chi connectivity index (χ1) is 8.26. The molecule has 0 radical (unpaired) electrons. The lowest BCUT2D eigenvalue weighted by Gasteiger charge is -2.18. The maximum absolute atomic E-state index is 6.05. The molecule has 0 unspecified atom stereocenters.